The second-order valence-corrected chi connectivity index (χ2v) is 4.65. The molecule has 2 nitrogen and oxygen atoms in total. The van der Waals surface area contributed by atoms with Crippen molar-refractivity contribution in [2.24, 2.45) is 0 Å². The lowest BCUT2D eigenvalue weighted by atomic mass is 9.91. The van der Waals surface area contributed by atoms with E-state index >= 15 is 0 Å². The maximum absolute atomic E-state index is 5.43. The van der Waals surface area contributed by atoms with Gasteiger partial charge in [-0.1, -0.05) is 44.9 Å². The molecule has 0 unspecified atom stereocenters. The monoisotopic (exact) mass is 207 g/mol. The summed E-state index contributed by atoms with van der Waals surface area (Å²) in [6.45, 7) is 0. The fourth-order valence-corrected chi connectivity index (χ4v) is 2.52. The summed E-state index contributed by atoms with van der Waals surface area (Å²) in [6, 6.07) is 0. The van der Waals surface area contributed by atoms with Crippen molar-refractivity contribution in [2.45, 2.75) is 63.7 Å². The first-order chi connectivity index (χ1) is 7.47. The summed E-state index contributed by atoms with van der Waals surface area (Å²) < 4.78 is 5.43. The van der Waals surface area contributed by atoms with Crippen molar-refractivity contribution in [3.05, 3.63) is 18.4 Å². The van der Waals surface area contributed by atoms with Crippen molar-refractivity contribution < 1.29 is 4.42 Å². The van der Waals surface area contributed by atoms with Gasteiger partial charge in [0.25, 0.3) is 0 Å². The Morgan fingerprint density at radius 2 is 1.53 bits per heavy atom. The van der Waals surface area contributed by atoms with Crippen LogP contribution in [0.2, 0.25) is 0 Å². The third-order valence-corrected chi connectivity index (χ3v) is 3.46. The number of rotatable bonds is 1. The minimum atomic E-state index is 0.630. The molecule has 2 rings (SSSR count). The Balaban J connectivity index is 1.90. The second kappa shape index (κ2) is 5.94. The minimum Gasteiger partial charge on any atom is -0.448 e. The van der Waals surface area contributed by atoms with Gasteiger partial charge in [0.1, 0.15) is 5.76 Å². The largest absolute Gasteiger partial charge is 0.448 e. The second-order valence-electron chi connectivity index (χ2n) is 4.65. The van der Waals surface area contributed by atoms with E-state index in [1.807, 2.05) is 6.20 Å². The first kappa shape index (κ1) is 10.7. The van der Waals surface area contributed by atoms with E-state index < -0.39 is 0 Å². The summed E-state index contributed by atoms with van der Waals surface area (Å²) in [6.07, 6.45) is 15.8. The third-order valence-electron chi connectivity index (χ3n) is 3.46. The Labute approximate surface area is 92.1 Å². The predicted molar refractivity (Wildman–Crippen MR) is 60.8 cm³/mol. The van der Waals surface area contributed by atoms with Crippen LogP contribution in [0.3, 0.4) is 0 Å². The highest BCUT2D eigenvalue weighted by Crippen LogP contribution is 2.29. The summed E-state index contributed by atoms with van der Waals surface area (Å²) in [5.41, 5.74) is 0. The highest BCUT2D eigenvalue weighted by atomic mass is 16.3. The van der Waals surface area contributed by atoms with Gasteiger partial charge in [0, 0.05) is 5.92 Å². The van der Waals surface area contributed by atoms with E-state index in [0.717, 1.165) is 5.76 Å². The van der Waals surface area contributed by atoms with Crippen LogP contribution in [0.25, 0.3) is 0 Å². The molecule has 0 atom stereocenters. The normalized spacial score (nSPS) is 21.3. The zero-order chi connectivity index (χ0) is 10.3. The number of hydrogen-bond acceptors (Lipinski definition) is 2. The maximum Gasteiger partial charge on any atom is 0.180 e. The average molecular weight is 207 g/mol. The molecule has 0 aliphatic heterocycles. The Morgan fingerprint density at radius 1 is 0.933 bits per heavy atom. The molecule has 1 aromatic heterocycles. The lowest BCUT2D eigenvalue weighted by molar-refractivity contribution is 0.394. The Hall–Kier alpha value is -0.790. The number of hydrogen-bond donors (Lipinski definition) is 0. The average Bonchev–Trinajstić information content (AvgIpc) is 2.79. The molecule has 0 aromatic carbocycles. The van der Waals surface area contributed by atoms with E-state index in [0.29, 0.717) is 5.92 Å². The lowest BCUT2D eigenvalue weighted by Gasteiger charge is -2.15. The molecule has 1 aliphatic carbocycles. The van der Waals surface area contributed by atoms with E-state index in [-0.39, 0.29) is 0 Å². The van der Waals surface area contributed by atoms with Gasteiger partial charge in [-0.25, -0.2) is 4.98 Å². The fraction of sp³-hybridized carbons (Fsp3) is 0.769. The molecule has 0 amide bonds. The minimum absolute atomic E-state index is 0.630. The van der Waals surface area contributed by atoms with Crippen molar-refractivity contribution in [1.82, 2.24) is 4.98 Å². The Morgan fingerprint density at radius 3 is 2.07 bits per heavy atom. The van der Waals surface area contributed by atoms with Gasteiger partial charge in [-0.2, -0.15) is 0 Å². The fourth-order valence-electron chi connectivity index (χ4n) is 2.52. The smallest absolute Gasteiger partial charge is 0.180 e. The van der Waals surface area contributed by atoms with Gasteiger partial charge in [0.15, 0.2) is 6.39 Å². The van der Waals surface area contributed by atoms with E-state index in [1.54, 1.807) is 6.39 Å². The molecule has 0 spiro atoms. The first-order valence-corrected chi connectivity index (χ1v) is 6.35. The lowest BCUT2D eigenvalue weighted by Crippen LogP contribution is -1.99. The Kier molecular flexibility index (Phi) is 4.24. The molecule has 2 heteroatoms. The molecule has 0 radical (unpaired) electrons. The summed E-state index contributed by atoms with van der Waals surface area (Å²) in [5, 5.41) is 0. The van der Waals surface area contributed by atoms with Crippen LogP contribution in [0, 0.1) is 0 Å². The van der Waals surface area contributed by atoms with Crippen molar-refractivity contribution in [3.63, 3.8) is 0 Å². The van der Waals surface area contributed by atoms with Crippen LogP contribution < -0.4 is 0 Å². The zero-order valence-electron chi connectivity index (χ0n) is 9.45. The standard InChI is InChI=1S/C13H21NO/c1-2-4-6-8-12(9-7-5-3-1)13-10-14-11-15-13/h10-12H,1-9H2. The van der Waals surface area contributed by atoms with Gasteiger partial charge in [-0.3, -0.25) is 0 Å². The van der Waals surface area contributed by atoms with Gasteiger partial charge in [0.2, 0.25) is 0 Å². The van der Waals surface area contributed by atoms with Crippen molar-refractivity contribution in [1.29, 1.82) is 0 Å². The molecule has 0 N–H and O–H groups in total. The zero-order valence-corrected chi connectivity index (χ0v) is 9.45. The first-order valence-electron chi connectivity index (χ1n) is 6.35. The van der Waals surface area contributed by atoms with Gasteiger partial charge in [0.05, 0.1) is 6.20 Å². The number of oxazole rings is 1. The van der Waals surface area contributed by atoms with Crippen LogP contribution >= 0.6 is 0 Å². The van der Waals surface area contributed by atoms with E-state index in [1.165, 1.54) is 57.8 Å². The van der Waals surface area contributed by atoms with Gasteiger partial charge in [-0.05, 0) is 12.8 Å². The quantitative estimate of drug-likeness (QED) is 0.686. The summed E-state index contributed by atoms with van der Waals surface area (Å²) in [4.78, 5) is 4.03. The van der Waals surface area contributed by atoms with E-state index in [9.17, 15) is 0 Å². The Bertz CT molecular complexity index is 246. The summed E-state index contributed by atoms with van der Waals surface area (Å²) in [5.74, 6) is 1.74. The topological polar surface area (TPSA) is 26.0 Å². The van der Waals surface area contributed by atoms with Crippen molar-refractivity contribution >= 4 is 0 Å². The van der Waals surface area contributed by atoms with E-state index in [2.05, 4.69) is 4.98 Å². The molecule has 1 fully saturated rings. The molecule has 1 saturated carbocycles. The van der Waals surface area contributed by atoms with Crippen LogP contribution in [0.4, 0.5) is 0 Å². The molecular weight excluding hydrogens is 186 g/mol. The molecule has 15 heavy (non-hydrogen) atoms. The molecule has 1 heterocycles. The maximum atomic E-state index is 5.43. The highest BCUT2D eigenvalue weighted by molar-refractivity contribution is 4.98. The number of aromatic nitrogens is 1. The van der Waals surface area contributed by atoms with Gasteiger partial charge < -0.3 is 4.42 Å². The van der Waals surface area contributed by atoms with Crippen molar-refractivity contribution in [3.8, 4) is 0 Å². The van der Waals surface area contributed by atoms with Gasteiger partial charge in [-0.15, -0.1) is 0 Å². The molecule has 0 bridgehead atoms. The molecule has 1 aromatic rings. The predicted octanol–water partition coefficient (Wildman–Crippen LogP) is 4.28. The van der Waals surface area contributed by atoms with Crippen molar-refractivity contribution in [2.75, 3.05) is 0 Å². The van der Waals surface area contributed by atoms with Crippen LogP contribution in [0.5, 0.6) is 0 Å². The van der Waals surface area contributed by atoms with Gasteiger partial charge >= 0.3 is 0 Å². The van der Waals surface area contributed by atoms with E-state index in [4.69, 9.17) is 4.42 Å². The van der Waals surface area contributed by atoms with Crippen LogP contribution in [0.15, 0.2) is 17.0 Å². The van der Waals surface area contributed by atoms with Crippen LogP contribution in [-0.2, 0) is 0 Å². The molecular formula is C13H21NO. The third kappa shape index (κ3) is 3.37. The molecule has 1 aliphatic rings. The van der Waals surface area contributed by atoms with Crippen LogP contribution in [-0.4, -0.2) is 4.98 Å². The molecule has 0 saturated heterocycles. The van der Waals surface area contributed by atoms with Crippen LogP contribution in [0.1, 0.15) is 69.5 Å². The number of nitrogens with zero attached hydrogens (tertiary/aromatic N) is 1. The molecule has 84 valence electrons. The highest BCUT2D eigenvalue weighted by Gasteiger charge is 2.15. The summed E-state index contributed by atoms with van der Waals surface area (Å²) in [7, 11) is 0. The SMILES string of the molecule is c1ncc(C2CCCCCCCCC2)o1. The summed E-state index contributed by atoms with van der Waals surface area (Å²) >= 11 is 0.